The molecule has 5 heteroatoms. The van der Waals surface area contributed by atoms with Gasteiger partial charge in [0.2, 0.25) is 0 Å². The van der Waals surface area contributed by atoms with Gasteiger partial charge in [0.15, 0.2) is 9.84 Å². The van der Waals surface area contributed by atoms with Crippen molar-refractivity contribution in [3.8, 4) is 0 Å². The molecule has 0 saturated heterocycles. The van der Waals surface area contributed by atoms with Crippen molar-refractivity contribution in [1.29, 1.82) is 0 Å². The Morgan fingerprint density at radius 2 is 1.58 bits per heavy atom. The first kappa shape index (κ1) is 13.7. The molecule has 2 rings (SSSR count). The maximum atomic E-state index is 12.9. The second kappa shape index (κ2) is 5.50. The van der Waals surface area contributed by atoms with Crippen molar-refractivity contribution in [1.82, 2.24) is 0 Å². The van der Waals surface area contributed by atoms with Crippen LogP contribution in [-0.2, 0) is 9.84 Å². The molecule has 2 aromatic carbocycles. The molecule has 0 saturated carbocycles. The van der Waals surface area contributed by atoms with Gasteiger partial charge in [0.05, 0.1) is 11.4 Å². The number of rotatable bonds is 4. The van der Waals surface area contributed by atoms with Gasteiger partial charge in [0.25, 0.3) is 0 Å². The second-order valence-electron chi connectivity index (χ2n) is 4.19. The van der Waals surface area contributed by atoms with Crippen LogP contribution in [0.2, 0.25) is 0 Å². The minimum atomic E-state index is -3.55. The minimum absolute atomic E-state index is 0.117. The highest BCUT2D eigenvalue weighted by molar-refractivity contribution is 7.91. The Balaban J connectivity index is 2.45. The molecule has 19 heavy (non-hydrogen) atoms. The maximum Gasteiger partial charge on any atom is 0.190 e. The van der Waals surface area contributed by atoms with Crippen molar-refractivity contribution < 1.29 is 18.5 Å². The fourth-order valence-corrected chi connectivity index (χ4v) is 3.63. The van der Waals surface area contributed by atoms with Crippen LogP contribution in [0.15, 0.2) is 59.5 Å². The van der Waals surface area contributed by atoms with E-state index in [0.717, 1.165) is 12.1 Å². The fourth-order valence-electron chi connectivity index (χ4n) is 1.96. The van der Waals surface area contributed by atoms with Gasteiger partial charge >= 0.3 is 0 Å². The monoisotopic (exact) mass is 280 g/mol. The molecule has 0 unspecified atom stereocenters. The van der Waals surface area contributed by atoms with Crippen molar-refractivity contribution in [3.63, 3.8) is 0 Å². The van der Waals surface area contributed by atoms with Crippen LogP contribution in [0.3, 0.4) is 0 Å². The molecule has 1 atom stereocenters. The van der Waals surface area contributed by atoms with E-state index in [1.807, 2.05) is 6.07 Å². The van der Waals surface area contributed by atoms with Crippen LogP contribution in [-0.4, -0.2) is 15.0 Å². The molecule has 0 bridgehead atoms. The average molecular weight is 280 g/mol. The first-order chi connectivity index (χ1) is 9.05. The molecule has 3 N–H and O–H groups in total. The summed E-state index contributed by atoms with van der Waals surface area (Å²) in [6, 6.07) is 13.8. The molecule has 0 aliphatic heterocycles. The van der Waals surface area contributed by atoms with Crippen molar-refractivity contribution in [2.75, 3.05) is 6.54 Å². The Kier molecular flexibility index (Phi) is 3.97. The Hall–Kier alpha value is -1.72. The summed E-state index contributed by atoms with van der Waals surface area (Å²) in [7, 11) is -3.55. The normalized spacial score (nSPS) is 13.2. The standard InChI is InChI=1S/C14H14FNO2S/c15-12-6-8-13(9-7-12)19(17,18)14(10-16)11-4-2-1-3-5-11/h1-9,14H,10,16H2/p+1/t14-/m0/s1. The van der Waals surface area contributed by atoms with Gasteiger partial charge < -0.3 is 5.73 Å². The summed E-state index contributed by atoms with van der Waals surface area (Å²) < 4.78 is 37.9. The van der Waals surface area contributed by atoms with Gasteiger partial charge in [-0.25, -0.2) is 12.8 Å². The zero-order valence-electron chi connectivity index (χ0n) is 10.3. The van der Waals surface area contributed by atoms with Gasteiger partial charge in [0, 0.05) is 0 Å². The third-order valence-electron chi connectivity index (χ3n) is 2.95. The third-order valence-corrected chi connectivity index (χ3v) is 5.14. The Labute approximate surface area is 111 Å². The largest absolute Gasteiger partial charge is 0.356 e. The molecule has 0 heterocycles. The molecule has 0 fully saturated rings. The van der Waals surface area contributed by atoms with Crippen LogP contribution in [0, 0.1) is 5.82 Å². The summed E-state index contributed by atoms with van der Waals surface area (Å²) in [5, 5.41) is -0.709. The van der Waals surface area contributed by atoms with Crippen LogP contribution in [0.1, 0.15) is 10.8 Å². The second-order valence-corrected chi connectivity index (χ2v) is 6.32. The highest BCUT2D eigenvalue weighted by Crippen LogP contribution is 2.27. The van der Waals surface area contributed by atoms with Crippen LogP contribution < -0.4 is 5.73 Å². The van der Waals surface area contributed by atoms with Gasteiger partial charge in [-0.2, -0.15) is 0 Å². The highest BCUT2D eigenvalue weighted by Gasteiger charge is 2.29. The molecule has 0 aliphatic rings. The summed E-state index contributed by atoms with van der Waals surface area (Å²) in [6.45, 7) is 0.226. The van der Waals surface area contributed by atoms with Gasteiger partial charge in [-0.3, -0.25) is 0 Å². The predicted octanol–water partition coefficient (Wildman–Crippen LogP) is 1.58. The van der Waals surface area contributed by atoms with Crippen LogP contribution in [0.4, 0.5) is 4.39 Å². The van der Waals surface area contributed by atoms with Crippen LogP contribution in [0.5, 0.6) is 0 Å². The van der Waals surface area contributed by atoms with E-state index in [0.29, 0.717) is 5.56 Å². The molecule has 0 spiro atoms. The number of quaternary nitrogens is 1. The molecule has 0 radical (unpaired) electrons. The van der Waals surface area contributed by atoms with Gasteiger partial charge in [0.1, 0.15) is 11.1 Å². The number of hydrogen-bond acceptors (Lipinski definition) is 2. The molecule has 2 aromatic rings. The lowest BCUT2D eigenvalue weighted by Gasteiger charge is -2.14. The van der Waals surface area contributed by atoms with Gasteiger partial charge in [-0.1, -0.05) is 30.3 Å². The average Bonchev–Trinajstić information content (AvgIpc) is 2.41. The lowest BCUT2D eigenvalue weighted by Crippen LogP contribution is -2.54. The van der Waals surface area contributed by atoms with E-state index in [2.05, 4.69) is 5.73 Å². The van der Waals surface area contributed by atoms with E-state index < -0.39 is 20.9 Å². The summed E-state index contributed by atoms with van der Waals surface area (Å²) in [5.74, 6) is -0.454. The van der Waals surface area contributed by atoms with E-state index in [1.165, 1.54) is 12.1 Å². The van der Waals surface area contributed by atoms with E-state index in [1.54, 1.807) is 24.3 Å². The van der Waals surface area contributed by atoms with Gasteiger partial charge in [-0.15, -0.1) is 0 Å². The molecular formula is C14H15FNO2S+. The first-order valence-electron chi connectivity index (χ1n) is 5.89. The van der Waals surface area contributed by atoms with E-state index >= 15 is 0 Å². The molecule has 0 aromatic heterocycles. The number of hydrogen-bond donors (Lipinski definition) is 1. The van der Waals surface area contributed by atoms with E-state index in [-0.39, 0.29) is 11.4 Å². The predicted molar refractivity (Wildman–Crippen MR) is 70.5 cm³/mol. The molecule has 0 aliphatic carbocycles. The number of benzene rings is 2. The third kappa shape index (κ3) is 2.83. The van der Waals surface area contributed by atoms with Gasteiger partial charge in [-0.05, 0) is 29.8 Å². The summed E-state index contributed by atoms with van der Waals surface area (Å²) in [6.07, 6.45) is 0. The van der Waals surface area contributed by atoms with Crippen molar-refractivity contribution in [2.24, 2.45) is 0 Å². The molecule has 3 nitrogen and oxygen atoms in total. The number of halogens is 1. The van der Waals surface area contributed by atoms with Crippen molar-refractivity contribution >= 4 is 9.84 Å². The molecule has 0 amide bonds. The molecular weight excluding hydrogens is 265 g/mol. The number of sulfone groups is 1. The quantitative estimate of drug-likeness (QED) is 0.864. The summed E-state index contributed by atoms with van der Waals surface area (Å²) >= 11 is 0. The highest BCUT2D eigenvalue weighted by atomic mass is 32.2. The van der Waals surface area contributed by atoms with Crippen LogP contribution in [0.25, 0.3) is 0 Å². The molecule has 100 valence electrons. The topological polar surface area (TPSA) is 61.8 Å². The Morgan fingerprint density at radius 1 is 1.00 bits per heavy atom. The van der Waals surface area contributed by atoms with Crippen molar-refractivity contribution in [3.05, 3.63) is 66.0 Å². The fraction of sp³-hybridized carbons (Fsp3) is 0.143. The summed E-state index contributed by atoms with van der Waals surface area (Å²) in [5.41, 5.74) is 4.41. The zero-order valence-corrected chi connectivity index (χ0v) is 11.1. The smallest absolute Gasteiger partial charge is 0.190 e. The first-order valence-corrected chi connectivity index (χ1v) is 7.44. The van der Waals surface area contributed by atoms with Crippen LogP contribution >= 0.6 is 0 Å². The zero-order chi connectivity index (χ0) is 13.9. The van der Waals surface area contributed by atoms with E-state index in [4.69, 9.17) is 0 Å². The van der Waals surface area contributed by atoms with E-state index in [9.17, 15) is 12.8 Å². The minimum Gasteiger partial charge on any atom is -0.356 e. The van der Waals surface area contributed by atoms with Crippen molar-refractivity contribution in [2.45, 2.75) is 10.1 Å². The Bertz CT molecular complexity index is 639. The maximum absolute atomic E-state index is 12.9. The lowest BCUT2D eigenvalue weighted by molar-refractivity contribution is -0.367. The Morgan fingerprint density at radius 3 is 2.11 bits per heavy atom. The lowest BCUT2D eigenvalue weighted by atomic mass is 10.1. The SMILES string of the molecule is [NH3+]C[C@@H](c1ccccc1)S(=O)(=O)c1ccc(F)cc1. The summed E-state index contributed by atoms with van der Waals surface area (Å²) in [4.78, 5) is 0.117.